The Hall–Kier alpha value is 0.895. The summed E-state index contributed by atoms with van der Waals surface area (Å²) < 4.78 is 0. The maximum Gasteiger partial charge on any atom is 1.00 e. The van der Waals surface area contributed by atoms with E-state index in [0.29, 0.717) is 0 Å². The molecule has 38 valence electrons. The molecule has 0 nitrogen and oxygen atoms in total. The molecule has 0 radical (unpaired) electrons. The largest absolute Gasteiger partial charge is 1.00 e. The third-order valence-electron chi connectivity index (χ3n) is 0.607. The van der Waals surface area contributed by atoms with Gasteiger partial charge in [0, 0.05) is 0 Å². The van der Waals surface area contributed by atoms with E-state index in [1.807, 2.05) is 30.3 Å². The third kappa shape index (κ3) is 8.89. The van der Waals surface area contributed by atoms with Crippen molar-refractivity contribution in [2.45, 2.75) is 0 Å². The Morgan fingerprint density at radius 1 is 0.778 bits per heavy atom. The molecule has 0 N–H and O–H groups in total. The van der Waals surface area contributed by atoms with Crippen LogP contribution in [0.15, 0.2) is 30.3 Å². The van der Waals surface area contributed by atoms with Crippen molar-refractivity contribution in [3.8, 4) is 0 Å². The smallest absolute Gasteiger partial charge is 1.00 e. The van der Waals surface area contributed by atoms with Crippen LogP contribution in [0.3, 0.4) is 0 Å². The van der Waals surface area contributed by atoms with E-state index >= 15 is 0 Å². The van der Waals surface area contributed by atoms with Gasteiger partial charge in [-0.25, -0.2) is 0 Å². The quantitative estimate of drug-likeness (QED) is 0.268. The van der Waals surface area contributed by atoms with Gasteiger partial charge in [0.05, 0.1) is 0 Å². The van der Waals surface area contributed by atoms with E-state index in [0.717, 1.165) is 0 Å². The molecular formula is C6H5BrLi2. The van der Waals surface area contributed by atoms with E-state index < -0.39 is 0 Å². The van der Waals surface area contributed by atoms with Crippen molar-refractivity contribution in [3.05, 3.63) is 36.4 Å². The van der Waals surface area contributed by atoms with E-state index in [1.54, 1.807) is 0 Å². The number of halogens is 1. The first-order chi connectivity index (χ1) is 3.00. The first kappa shape index (κ1) is 16.5. The van der Waals surface area contributed by atoms with Gasteiger partial charge in [0.25, 0.3) is 0 Å². The molecule has 0 atom stereocenters. The second kappa shape index (κ2) is 11.7. The maximum absolute atomic E-state index is 2.89. The molecule has 0 fully saturated rings. The monoisotopic (exact) mass is 170 g/mol. The van der Waals surface area contributed by atoms with Gasteiger partial charge in [0.1, 0.15) is 0 Å². The van der Waals surface area contributed by atoms with Crippen LogP contribution in [-0.2, 0) is 0 Å². The van der Waals surface area contributed by atoms with E-state index in [9.17, 15) is 0 Å². The summed E-state index contributed by atoms with van der Waals surface area (Å²) in [5.74, 6) is 0. The first-order valence-corrected chi connectivity index (χ1v) is 1.91. The SMILES string of the molecule is [Br-].[Li+].[Li+].[c-]1ccccc1. The Kier molecular flexibility index (Phi) is 21.3. The second-order valence-corrected chi connectivity index (χ2v) is 1.08. The summed E-state index contributed by atoms with van der Waals surface area (Å²) >= 11 is 0. The summed E-state index contributed by atoms with van der Waals surface area (Å²) in [6.45, 7) is 0. The van der Waals surface area contributed by atoms with E-state index in [4.69, 9.17) is 0 Å². The zero-order chi connectivity index (χ0) is 4.24. The molecule has 0 aliphatic heterocycles. The van der Waals surface area contributed by atoms with Gasteiger partial charge in [-0.05, 0) is 0 Å². The minimum absolute atomic E-state index is 0. The molecule has 0 aliphatic carbocycles. The van der Waals surface area contributed by atoms with Gasteiger partial charge in [-0.2, -0.15) is 36.4 Å². The molecular weight excluding hydrogens is 166 g/mol. The van der Waals surface area contributed by atoms with E-state index in [-0.39, 0.29) is 54.7 Å². The van der Waals surface area contributed by atoms with Crippen LogP contribution in [0, 0.1) is 6.07 Å². The van der Waals surface area contributed by atoms with E-state index in [1.165, 1.54) is 0 Å². The Bertz CT molecular complexity index is 83.0. The van der Waals surface area contributed by atoms with Gasteiger partial charge >= 0.3 is 37.7 Å². The standard InChI is InChI=1S/C6H5.BrH.2Li/c1-2-4-6-5-3-1;;;/h1-5H;1H;;/q-1;;2*+1/p-1. The molecule has 3 heteroatoms. The predicted molar refractivity (Wildman–Crippen MR) is 25.3 cm³/mol. The van der Waals surface area contributed by atoms with Crippen LogP contribution in [0.2, 0.25) is 0 Å². The third-order valence-corrected chi connectivity index (χ3v) is 0.607. The number of benzene rings is 1. The summed E-state index contributed by atoms with van der Waals surface area (Å²) in [6, 6.07) is 12.5. The van der Waals surface area contributed by atoms with Gasteiger partial charge < -0.3 is 17.0 Å². The van der Waals surface area contributed by atoms with Crippen LogP contribution in [0.1, 0.15) is 0 Å². The molecule has 0 aliphatic rings. The van der Waals surface area contributed by atoms with Crippen molar-refractivity contribution in [3.63, 3.8) is 0 Å². The molecule has 0 unspecified atom stereocenters. The van der Waals surface area contributed by atoms with Crippen LogP contribution in [-0.4, -0.2) is 0 Å². The van der Waals surface area contributed by atoms with Crippen LogP contribution in [0.5, 0.6) is 0 Å². The van der Waals surface area contributed by atoms with Gasteiger partial charge in [-0.15, -0.1) is 0 Å². The van der Waals surface area contributed by atoms with Gasteiger partial charge in [-0.1, -0.05) is 0 Å². The van der Waals surface area contributed by atoms with Crippen molar-refractivity contribution >= 4 is 0 Å². The Balaban J connectivity index is -0.000000120. The van der Waals surface area contributed by atoms with Crippen molar-refractivity contribution in [1.82, 2.24) is 0 Å². The Morgan fingerprint density at radius 2 is 1.22 bits per heavy atom. The predicted octanol–water partition coefficient (Wildman–Crippen LogP) is -7.50. The summed E-state index contributed by atoms with van der Waals surface area (Å²) in [4.78, 5) is 0. The number of rotatable bonds is 0. The van der Waals surface area contributed by atoms with Crippen LogP contribution in [0.25, 0.3) is 0 Å². The summed E-state index contributed by atoms with van der Waals surface area (Å²) in [6.07, 6.45) is 0. The number of hydrogen-bond acceptors (Lipinski definition) is 0. The first-order valence-electron chi connectivity index (χ1n) is 1.91. The van der Waals surface area contributed by atoms with Crippen LogP contribution >= 0.6 is 0 Å². The Morgan fingerprint density at radius 3 is 1.33 bits per heavy atom. The zero-order valence-electron chi connectivity index (χ0n) is 5.76. The van der Waals surface area contributed by atoms with Crippen LogP contribution in [0.4, 0.5) is 0 Å². The zero-order valence-corrected chi connectivity index (χ0v) is 7.35. The average molecular weight is 171 g/mol. The van der Waals surface area contributed by atoms with Crippen molar-refractivity contribution in [2.75, 3.05) is 0 Å². The molecule has 0 saturated carbocycles. The fourth-order valence-corrected chi connectivity index (χ4v) is 0.342. The van der Waals surface area contributed by atoms with Gasteiger partial charge in [0.2, 0.25) is 0 Å². The molecule has 1 aromatic rings. The molecule has 9 heavy (non-hydrogen) atoms. The van der Waals surface area contributed by atoms with Crippen LogP contribution < -0.4 is 54.7 Å². The molecule has 0 amide bonds. The Labute approximate surface area is 90.5 Å². The normalized spacial score (nSPS) is 5.33. The maximum atomic E-state index is 2.89. The molecule has 0 aromatic heterocycles. The van der Waals surface area contributed by atoms with Crippen molar-refractivity contribution in [2.24, 2.45) is 0 Å². The number of hydrogen-bond donors (Lipinski definition) is 0. The molecule has 1 aromatic carbocycles. The van der Waals surface area contributed by atoms with Gasteiger partial charge in [-0.3, -0.25) is 0 Å². The average Bonchev–Trinajstić information content (AvgIpc) is 1.72. The summed E-state index contributed by atoms with van der Waals surface area (Å²) in [5, 5.41) is 0. The fraction of sp³-hybridized carbons (Fsp3) is 0. The second-order valence-electron chi connectivity index (χ2n) is 1.08. The van der Waals surface area contributed by atoms with Gasteiger partial charge in [0.15, 0.2) is 0 Å². The fourth-order valence-electron chi connectivity index (χ4n) is 0.342. The molecule has 0 heterocycles. The van der Waals surface area contributed by atoms with Crippen molar-refractivity contribution < 1.29 is 54.7 Å². The molecule has 1 rings (SSSR count). The molecule has 0 spiro atoms. The summed E-state index contributed by atoms with van der Waals surface area (Å²) in [7, 11) is 0. The molecule has 0 saturated heterocycles. The van der Waals surface area contributed by atoms with Crippen molar-refractivity contribution in [1.29, 1.82) is 0 Å². The minimum atomic E-state index is 0. The summed E-state index contributed by atoms with van der Waals surface area (Å²) in [5.41, 5.74) is 0. The van der Waals surface area contributed by atoms with E-state index in [2.05, 4.69) is 6.07 Å². The topological polar surface area (TPSA) is 0 Å². The minimum Gasteiger partial charge on any atom is -1.00 e. The molecule has 0 bridgehead atoms.